The lowest BCUT2D eigenvalue weighted by Crippen LogP contribution is -2.47. The molecule has 1 unspecified atom stereocenters. The van der Waals surface area contributed by atoms with E-state index in [2.05, 4.69) is 5.32 Å². The number of hydrogen-bond acceptors (Lipinski definition) is 4. The lowest BCUT2D eigenvalue weighted by Gasteiger charge is -2.23. The van der Waals surface area contributed by atoms with E-state index in [1.807, 2.05) is 0 Å². The minimum atomic E-state index is -3.74. The molecule has 7 nitrogen and oxygen atoms in total. The van der Waals surface area contributed by atoms with Crippen LogP contribution in [-0.2, 0) is 19.6 Å². The fourth-order valence-corrected chi connectivity index (χ4v) is 4.25. The molecular formula is C14H19N3O4S. The maximum Gasteiger partial charge on any atom is 0.243 e. The molecule has 0 bridgehead atoms. The van der Waals surface area contributed by atoms with Crippen molar-refractivity contribution in [3.05, 3.63) is 29.8 Å². The molecule has 3 N–H and O–H groups in total. The molecule has 0 radical (unpaired) electrons. The number of rotatable bonds is 5. The summed E-state index contributed by atoms with van der Waals surface area (Å²) < 4.78 is 26.6. The van der Waals surface area contributed by atoms with Crippen LogP contribution < -0.4 is 11.1 Å². The van der Waals surface area contributed by atoms with Crippen LogP contribution in [0, 0.1) is 6.92 Å². The summed E-state index contributed by atoms with van der Waals surface area (Å²) in [6.45, 7) is 1.79. The third kappa shape index (κ3) is 3.45. The first-order valence-corrected chi connectivity index (χ1v) is 8.41. The Morgan fingerprint density at radius 1 is 1.41 bits per heavy atom. The summed E-state index contributed by atoms with van der Waals surface area (Å²) in [5.41, 5.74) is 5.81. The molecule has 1 heterocycles. The van der Waals surface area contributed by atoms with Crippen molar-refractivity contribution >= 4 is 21.8 Å². The van der Waals surface area contributed by atoms with Crippen LogP contribution >= 0.6 is 0 Å². The quantitative estimate of drug-likeness (QED) is 0.778. The van der Waals surface area contributed by atoms with Gasteiger partial charge in [-0.1, -0.05) is 12.1 Å². The van der Waals surface area contributed by atoms with E-state index in [9.17, 15) is 18.0 Å². The van der Waals surface area contributed by atoms with E-state index in [4.69, 9.17) is 5.73 Å². The van der Waals surface area contributed by atoms with Crippen LogP contribution in [0.2, 0.25) is 0 Å². The highest BCUT2D eigenvalue weighted by molar-refractivity contribution is 7.89. The van der Waals surface area contributed by atoms with Crippen molar-refractivity contribution < 1.29 is 18.0 Å². The van der Waals surface area contributed by atoms with E-state index in [0.717, 1.165) is 5.56 Å². The first kappa shape index (κ1) is 16.4. The van der Waals surface area contributed by atoms with E-state index in [1.54, 1.807) is 25.1 Å². The lowest BCUT2D eigenvalue weighted by molar-refractivity contribution is -0.127. The summed E-state index contributed by atoms with van der Waals surface area (Å²) >= 11 is 0. The summed E-state index contributed by atoms with van der Waals surface area (Å²) in [7, 11) is -3.74. The minimum absolute atomic E-state index is 0.169. The third-order valence-corrected chi connectivity index (χ3v) is 5.44. The molecule has 2 rings (SSSR count). The highest BCUT2D eigenvalue weighted by atomic mass is 32.2. The van der Waals surface area contributed by atoms with E-state index in [1.165, 1.54) is 10.4 Å². The molecule has 1 atom stereocenters. The maximum atomic E-state index is 12.7. The monoisotopic (exact) mass is 325 g/mol. The van der Waals surface area contributed by atoms with Gasteiger partial charge in [0.15, 0.2) is 0 Å². The summed E-state index contributed by atoms with van der Waals surface area (Å²) in [4.78, 5) is 23.0. The SMILES string of the molecule is Cc1cccc(S(=O)(=O)N2CCCC2C(=O)NCC(N)=O)c1. The topological polar surface area (TPSA) is 110 Å². The molecule has 8 heteroatoms. The van der Waals surface area contributed by atoms with Gasteiger partial charge in [-0.25, -0.2) is 8.42 Å². The number of amides is 2. The zero-order valence-electron chi connectivity index (χ0n) is 12.3. The molecule has 1 aliphatic heterocycles. The number of hydrogen-bond donors (Lipinski definition) is 2. The second-order valence-electron chi connectivity index (χ2n) is 5.27. The Morgan fingerprint density at radius 3 is 2.77 bits per heavy atom. The average molecular weight is 325 g/mol. The van der Waals surface area contributed by atoms with Crippen LogP contribution in [0.1, 0.15) is 18.4 Å². The van der Waals surface area contributed by atoms with E-state index in [-0.39, 0.29) is 18.0 Å². The van der Waals surface area contributed by atoms with Crippen LogP contribution in [0.5, 0.6) is 0 Å². The maximum absolute atomic E-state index is 12.7. The molecule has 0 spiro atoms. The molecule has 1 saturated heterocycles. The number of carbonyl (C=O) groups is 2. The first-order chi connectivity index (χ1) is 10.3. The van der Waals surface area contributed by atoms with Crippen LogP contribution in [0.25, 0.3) is 0 Å². The largest absolute Gasteiger partial charge is 0.368 e. The smallest absolute Gasteiger partial charge is 0.243 e. The number of primary amides is 1. The van der Waals surface area contributed by atoms with Gasteiger partial charge < -0.3 is 11.1 Å². The van der Waals surface area contributed by atoms with Gasteiger partial charge in [-0.3, -0.25) is 9.59 Å². The zero-order valence-corrected chi connectivity index (χ0v) is 13.1. The number of nitrogens with zero attached hydrogens (tertiary/aromatic N) is 1. The first-order valence-electron chi connectivity index (χ1n) is 6.97. The average Bonchev–Trinajstić information content (AvgIpc) is 2.95. The number of nitrogens with one attached hydrogen (secondary N) is 1. The molecule has 120 valence electrons. The Bertz CT molecular complexity index is 687. The Hall–Kier alpha value is -1.93. The summed E-state index contributed by atoms with van der Waals surface area (Å²) in [5.74, 6) is -1.16. The summed E-state index contributed by atoms with van der Waals surface area (Å²) in [5, 5.41) is 2.37. The number of sulfonamides is 1. The van der Waals surface area contributed by atoms with Crippen molar-refractivity contribution in [2.75, 3.05) is 13.1 Å². The molecule has 1 aromatic rings. The molecule has 2 amide bonds. The molecule has 0 aliphatic carbocycles. The second-order valence-corrected chi connectivity index (χ2v) is 7.16. The minimum Gasteiger partial charge on any atom is -0.368 e. The molecule has 1 aromatic carbocycles. The Labute approximate surface area is 129 Å². The van der Waals surface area contributed by atoms with Crippen molar-refractivity contribution in [2.45, 2.75) is 30.7 Å². The molecule has 22 heavy (non-hydrogen) atoms. The fraction of sp³-hybridized carbons (Fsp3) is 0.429. The number of nitrogens with two attached hydrogens (primary N) is 1. The molecule has 1 fully saturated rings. The Balaban J connectivity index is 2.22. The van der Waals surface area contributed by atoms with E-state index >= 15 is 0 Å². The van der Waals surface area contributed by atoms with Gasteiger partial charge in [0.25, 0.3) is 0 Å². The van der Waals surface area contributed by atoms with Gasteiger partial charge >= 0.3 is 0 Å². The van der Waals surface area contributed by atoms with Gasteiger partial charge in [0, 0.05) is 6.54 Å². The predicted octanol–water partition coefficient (Wildman–Crippen LogP) is -0.250. The Kier molecular flexibility index (Phi) is 4.82. The van der Waals surface area contributed by atoms with Crippen molar-refractivity contribution in [1.82, 2.24) is 9.62 Å². The highest BCUT2D eigenvalue weighted by Crippen LogP contribution is 2.26. The second kappa shape index (κ2) is 6.45. The van der Waals surface area contributed by atoms with Crippen molar-refractivity contribution in [3.63, 3.8) is 0 Å². The van der Waals surface area contributed by atoms with Crippen molar-refractivity contribution in [1.29, 1.82) is 0 Å². The number of benzene rings is 1. The predicted molar refractivity (Wildman–Crippen MR) is 80.3 cm³/mol. The van der Waals surface area contributed by atoms with Gasteiger partial charge in [-0.2, -0.15) is 4.31 Å². The van der Waals surface area contributed by atoms with Crippen molar-refractivity contribution in [3.8, 4) is 0 Å². The number of carbonyl (C=O) groups excluding carboxylic acids is 2. The van der Waals surface area contributed by atoms with Gasteiger partial charge in [0.05, 0.1) is 11.4 Å². The standard InChI is InChI=1S/C14H19N3O4S/c1-10-4-2-5-11(8-10)22(20,21)17-7-3-6-12(17)14(19)16-9-13(15)18/h2,4-5,8,12H,3,6-7,9H2,1H3,(H2,15,18)(H,16,19). The molecule has 0 aromatic heterocycles. The van der Waals surface area contributed by atoms with Crippen LogP contribution in [0.4, 0.5) is 0 Å². The Morgan fingerprint density at radius 2 is 2.14 bits per heavy atom. The third-order valence-electron chi connectivity index (χ3n) is 3.54. The van der Waals surface area contributed by atoms with Crippen LogP contribution in [-0.4, -0.2) is 43.7 Å². The zero-order chi connectivity index (χ0) is 16.3. The fourth-order valence-electron chi connectivity index (χ4n) is 2.49. The summed E-state index contributed by atoms with van der Waals surface area (Å²) in [6.07, 6.45) is 1.02. The van der Waals surface area contributed by atoms with E-state index in [0.29, 0.717) is 12.8 Å². The van der Waals surface area contributed by atoms with Gasteiger partial charge in [-0.15, -0.1) is 0 Å². The van der Waals surface area contributed by atoms with Crippen LogP contribution in [0.15, 0.2) is 29.2 Å². The summed E-state index contributed by atoms with van der Waals surface area (Å²) in [6, 6.07) is 5.76. The number of aryl methyl sites for hydroxylation is 1. The molecular weight excluding hydrogens is 306 g/mol. The normalized spacial score (nSPS) is 19.0. The van der Waals surface area contributed by atoms with Gasteiger partial charge in [-0.05, 0) is 37.5 Å². The van der Waals surface area contributed by atoms with Crippen molar-refractivity contribution in [2.24, 2.45) is 5.73 Å². The lowest BCUT2D eigenvalue weighted by atomic mass is 10.2. The van der Waals surface area contributed by atoms with Gasteiger partial charge in [0.1, 0.15) is 6.04 Å². The van der Waals surface area contributed by atoms with Gasteiger partial charge in [0.2, 0.25) is 21.8 Å². The van der Waals surface area contributed by atoms with E-state index < -0.39 is 27.9 Å². The molecule has 0 saturated carbocycles. The molecule has 1 aliphatic rings. The highest BCUT2D eigenvalue weighted by Gasteiger charge is 2.39. The van der Waals surface area contributed by atoms with Crippen LogP contribution in [0.3, 0.4) is 0 Å².